The summed E-state index contributed by atoms with van der Waals surface area (Å²) in [5.41, 5.74) is 0.405. The number of carbonyl (C=O) groups excluding carboxylic acids is 6. The molecule has 6 unspecified atom stereocenters. The van der Waals surface area contributed by atoms with Crippen molar-refractivity contribution in [2.45, 2.75) is 142 Å². The van der Waals surface area contributed by atoms with Crippen LogP contribution in [-0.4, -0.2) is 153 Å². The Kier molecular flexibility index (Phi) is 24.0. The van der Waals surface area contributed by atoms with Crippen LogP contribution in [0, 0.1) is 69.0 Å². The van der Waals surface area contributed by atoms with E-state index in [1.54, 1.807) is 125 Å². The molecule has 6 amide bonds. The smallest absolute Gasteiger partial charge is 0.457 e. The Hall–Kier alpha value is -11.1. The minimum absolute atomic E-state index is 0.0407. The third-order valence-electron chi connectivity index (χ3n) is 22.9. The summed E-state index contributed by atoms with van der Waals surface area (Å²) in [5, 5.41) is 42.7. The molecule has 4 aliphatic rings. The molecule has 9 aromatic carbocycles. The fraction of sp³-hybridized carbons (Fsp3) is 0.386. The number of amides is 6. The number of benzene rings is 9. The molecule has 0 radical (unpaired) electrons. The summed E-state index contributed by atoms with van der Waals surface area (Å²) < 4.78 is 64.1. The highest BCUT2D eigenvalue weighted by molar-refractivity contribution is 6.61. The predicted octanol–water partition coefficient (Wildman–Crippen LogP) is 17.0. The van der Waals surface area contributed by atoms with E-state index in [9.17, 15) is 21.0 Å². The van der Waals surface area contributed by atoms with Gasteiger partial charge >= 0.3 is 17.6 Å². The first kappa shape index (κ1) is 80.9. The molecule has 0 saturated heterocycles. The second-order valence-electron chi connectivity index (χ2n) is 30.5. The number of hydrogen-bond acceptors (Lipinski definition) is 20. The maximum absolute atomic E-state index is 16.8. The Morgan fingerprint density at radius 1 is 0.412 bits per heavy atom. The second-order valence-corrected chi connectivity index (χ2v) is 36.5. The van der Waals surface area contributed by atoms with E-state index in [0.717, 1.165) is 35.5 Å². The van der Waals surface area contributed by atoms with Gasteiger partial charge in [0.1, 0.15) is 58.1 Å². The Morgan fingerprint density at radius 3 is 0.921 bits per heavy atom. The van der Waals surface area contributed by atoms with Gasteiger partial charge in [0.25, 0.3) is 23.6 Å². The number of ether oxygens (including phenoxy) is 4. The summed E-state index contributed by atoms with van der Waals surface area (Å²) in [7, 11) is 3.26. The molecule has 13 rings (SSSR count). The van der Waals surface area contributed by atoms with Crippen molar-refractivity contribution >= 4 is 96.1 Å². The molecule has 2 aliphatic carbocycles. The first-order valence-electron chi connectivity index (χ1n) is 38.8. The Morgan fingerprint density at radius 2 is 0.684 bits per heavy atom. The highest BCUT2D eigenvalue weighted by atomic mass is 28.4. The minimum Gasteiger partial charge on any atom is -0.457 e. The molecule has 24 nitrogen and oxygen atoms in total. The summed E-state index contributed by atoms with van der Waals surface area (Å²) in [6, 6.07) is 37.6. The van der Waals surface area contributed by atoms with Gasteiger partial charge in [0, 0.05) is 123 Å². The summed E-state index contributed by atoms with van der Waals surface area (Å²) in [5.74, 6) is -4.68. The average molecular weight is 1570 g/mol. The number of likely N-dealkylation sites (N-methyl/N-ethyl adjacent to an activating group) is 2. The largest absolute Gasteiger partial charge is 0.500 e. The van der Waals surface area contributed by atoms with Crippen LogP contribution in [0.2, 0.25) is 12.1 Å². The van der Waals surface area contributed by atoms with E-state index in [2.05, 4.69) is 24.3 Å². The summed E-state index contributed by atoms with van der Waals surface area (Å²) in [6.07, 6.45) is 5.71. The highest BCUT2D eigenvalue weighted by Gasteiger charge is 2.51. The van der Waals surface area contributed by atoms with E-state index in [1.807, 2.05) is 41.5 Å². The molecular formula is C88H92N8O16Si2. The van der Waals surface area contributed by atoms with Crippen molar-refractivity contribution < 1.29 is 74.3 Å². The SMILES string of the molecule is CCN(C(=O)C(CC(C)C)N1C(=O)c2cc(Oc3cccc(C#N)c3)c3c4c(Oc5cccc(C#N)c5)cc5c6c(cc(Oc7cccc(C#N)c7)c(c7c(Oc8cccc(C#N)c8)cc(c2c37)C1=O)c64)C(=O)N(C(CC(C)C)C(=O)N(CC)C1CCCC(C[Si](OC)(OC)OC)C1)C5=O)C1CCCC(C[Si](OC)(OC)OC)C1. The van der Waals surface area contributed by atoms with Crippen LogP contribution in [0.3, 0.4) is 0 Å². The van der Waals surface area contributed by atoms with Gasteiger partial charge in [-0.3, -0.25) is 38.6 Å². The maximum Gasteiger partial charge on any atom is 0.500 e. The van der Waals surface area contributed by atoms with Crippen LogP contribution in [0.4, 0.5) is 0 Å². The van der Waals surface area contributed by atoms with Gasteiger partial charge < -0.3 is 55.3 Å². The number of carbonyl (C=O) groups is 6. The van der Waals surface area contributed by atoms with Gasteiger partial charge in [0.15, 0.2) is 0 Å². The fourth-order valence-electron chi connectivity index (χ4n) is 17.7. The molecule has 588 valence electrons. The van der Waals surface area contributed by atoms with Crippen molar-refractivity contribution in [1.82, 2.24) is 19.6 Å². The number of fused-ring (bicyclic) bond motifs is 2. The molecule has 0 N–H and O–H groups in total. The number of nitrogens with zero attached hydrogens (tertiary/aromatic N) is 8. The van der Waals surface area contributed by atoms with E-state index in [4.69, 9.17) is 45.5 Å². The molecule has 26 heteroatoms. The summed E-state index contributed by atoms with van der Waals surface area (Å²) in [4.78, 5) is 105. The number of nitriles is 4. The third kappa shape index (κ3) is 15.2. The van der Waals surface area contributed by atoms with Gasteiger partial charge in [-0.2, -0.15) is 21.0 Å². The van der Waals surface area contributed by atoms with E-state index in [-0.39, 0.29) is 195 Å². The van der Waals surface area contributed by atoms with E-state index in [0.29, 0.717) is 37.8 Å². The van der Waals surface area contributed by atoms with Gasteiger partial charge in [0.05, 0.1) is 68.8 Å². The van der Waals surface area contributed by atoms with Crippen LogP contribution in [0.25, 0.3) is 43.1 Å². The molecule has 2 heterocycles. The van der Waals surface area contributed by atoms with Crippen molar-refractivity contribution in [3.05, 3.63) is 166 Å². The molecule has 9 aromatic rings. The van der Waals surface area contributed by atoms with Crippen molar-refractivity contribution in [2.75, 3.05) is 55.7 Å². The van der Waals surface area contributed by atoms with Crippen LogP contribution in [0.15, 0.2) is 121 Å². The van der Waals surface area contributed by atoms with Crippen LogP contribution < -0.4 is 18.9 Å². The molecular weight excluding hydrogens is 1480 g/mol. The Balaban J connectivity index is 1.12. The summed E-state index contributed by atoms with van der Waals surface area (Å²) >= 11 is 0. The van der Waals surface area contributed by atoms with Crippen LogP contribution in [0.1, 0.15) is 169 Å². The van der Waals surface area contributed by atoms with E-state index in [1.165, 1.54) is 48.5 Å². The quantitative estimate of drug-likeness (QED) is 0.0175. The zero-order chi connectivity index (χ0) is 81.2. The Labute approximate surface area is 665 Å². The van der Waals surface area contributed by atoms with Gasteiger partial charge in [-0.05, 0) is 173 Å². The monoisotopic (exact) mass is 1570 g/mol. The van der Waals surface area contributed by atoms with Crippen molar-refractivity contribution in [3.63, 3.8) is 0 Å². The topological polar surface area (TPSA) is 303 Å². The van der Waals surface area contributed by atoms with Gasteiger partial charge in [-0.25, -0.2) is 0 Å². The fourth-order valence-corrected chi connectivity index (χ4v) is 21.9. The summed E-state index contributed by atoms with van der Waals surface area (Å²) in [6.45, 7) is 11.9. The van der Waals surface area contributed by atoms with Crippen LogP contribution in [-0.2, 0) is 36.1 Å². The lowest BCUT2D eigenvalue weighted by Crippen LogP contribution is -2.57. The molecule has 0 spiro atoms. The van der Waals surface area contributed by atoms with E-state index >= 15 is 28.8 Å². The second kappa shape index (κ2) is 33.9. The minimum atomic E-state index is -3.08. The van der Waals surface area contributed by atoms with Gasteiger partial charge in [-0.15, -0.1) is 0 Å². The molecule has 0 aromatic heterocycles. The highest BCUT2D eigenvalue weighted by Crippen LogP contribution is 2.59. The lowest BCUT2D eigenvalue weighted by atomic mass is 9.80. The van der Waals surface area contributed by atoms with Crippen LogP contribution >= 0.6 is 0 Å². The number of hydrogen-bond donors (Lipinski definition) is 0. The average Bonchev–Trinajstić information content (AvgIpc) is 0.670. The molecule has 2 aliphatic heterocycles. The van der Waals surface area contributed by atoms with E-state index < -0.39 is 65.1 Å². The molecule has 6 atom stereocenters. The molecule has 0 bridgehead atoms. The van der Waals surface area contributed by atoms with Crippen molar-refractivity contribution in [1.29, 1.82) is 21.0 Å². The first-order valence-corrected chi connectivity index (χ1v) is 42.6. The molecule has 2 fully saturated rings. The van der Waals surface area contributed by atoms with Gasteiger partial charge in [0.2, 0.25) is 11.8 Å². The van der Waals surface area contributed by atoms with Crippen LogP contribution in [0.5, 0.6) is 46.0 Å². The zero-order valence-electron chi connectivity index (χ0n) is 66.2. The van der Waals surface area contributed by atoms with Crippen molar-refractivity contribution in [2.24, 2.45) is 23.7 Å². The van der Waals surface area contributed by atoms with Gasteiger partial charge in [-0.1, -0.05) is 77.6 Å². The predicted molar refractivity (Wildman–Crippen MR) is 430 cm³/mol. The standard InChI is InChI=1S/C88H92N8O16Si2/c1-13-93(59-27-15-25-57(35-59)49-113(103-7,104-8)105-9)87(101)69(33-51(3)4)95-83(97)65-41-71(109-61-29-17-21-53(37-61)45-89)77-79-73(111-63-31-19-23-55(39-63)47-91)43-67-76-68(86(100)96(85(67)99)70(34-52(5)6)88(102)94(14-2)60-28-16-26-58(36-60)50-114(106-10,107-11)108-12)44-74(112-64-32-20-24-56(40-64)48-92)80(82(76)79)78-72(42-66(84(95)98)75(65)81(77)78)110-62-30-18-22-54(38-62)46-90/h17-24,29-32,37-44,51-52,57-60,69-70H,13-16,25-28,33-36,49-50H2,1-12H3. The Bertz CT molecular complexity index is 4870. The third-order valence-corrected chi connectivity index (χ3v) is 28.8. The zero-order valence-corrected chi connectivity index (χ0v) is 68.2. The molecule has 114 heavy (non-hydrogen) atoms. The lowest BCUT2D eigenvalue weighted by molar-refractivity contribution is -0.139. The lowest BCUT2D eigenvalue weighted by Gasteiger charge is -2.42. The maximum atomic E-state index is 16.8. The molecule has 2 saturated carbocycles. The number of rotatable bonds is 30. The number of imide groups is 2. The van der Waals surface area contributed by atoms with Crippen molar-refractivity contribution in [3.8, 4) is 70.3 Å². The first-order chi connectivity index (χ1) is 55.0. The normalized spacial score (nSPS) is 17.6.